The van der Waals surface area contributed by atoms with E-state index in [-0.39, 0.29) is 6.04 Å². The quantitative estimate of drug-likeness (QED) is 0.902. The minimum absolute atomic E-state index is 0.280. The number of pyridine rings is 1. The maximum Gasteiger partial charge on any atom is 0.195 e. The van der Waals surface area contributed by atoms with Crippen molar-refractivity contribution in [2.75, 3.05) is 0 Å². The second-order valence-corrected chi connectivity index (χ2v) is 6.36. The summed E-state index contributed by atoms with van der Waals surface area (Å²) in [5.41, 5.74) is 7.12. The molecule has 2 heterocycles. The summed E-state index contributed by atoms with van der Waals surface area (Å²) in [4.78, 5) is 0. The Labute approximate surface area is 111 Å². The largest absolute Gasteiger partial charge is 0.327 e. The Hall–Kier alpha value is -1.07. The van der Waals surface area contributed by atoms with E-state index in [1.807, 2.05) is 28.8 Å². The molecule has 96 valence electrons. The van der Waals surface area contributed by atoms with Gasteiger partial charge in [-0.15, -0.1) is 10.2 Å². The Morgan fingerprint density at radius 3 is 3.11 bits per heavy atom. The first-order chi connectivity index (χ1) is 8.74. The van der Waals surface area contributed by atoms with Crippen molar-refractivity contribution in [3.8, 4) is 0 Å². The number of aromatic nitrogens is 3. The number of rotatable bonds is 2. The van der Waals surface area contributed by atoms with Crippen LogP contribution in [0.25, 0.3) is 5.65 Å². The SMILES string of the molecule is CC1CCC(N)C(Sc2nnc3ccccn23)C1. The highest BCUT2D eigenvalue weighted by Crippen LogP contribution is 2.34. The predicted octanol–water partition coefficient (Wildman–Crippen LogP) is 2.34. The maximum atomic E-state index is 6.22. The summed E-state index contributed by atoms with van der Waals surface area (Å²) in [5.74, 6) is 0.765. The highest BCUT2D eigenvalue weighted by Gasteiger charge is 2.28. The molecule has 3 unspecified atom stereocenters. The average Bonchev–Trinajstić information content (AvgIpc) is 2.78. The van der Waals surface area contributed by atoms with Crippen LogP contribution in [-0.4, -0.2) is 25.9 Å². The van der Waals surface area contributed by atoms with E-state index in [9.17, 15) is 0 Å². The summed E-state index contributed by atoms with van der Waals surface area (Å²) in [6.07, 6.45) is 5.55. The van der Waals surface area contributed by atoms with Gasteiger partial charge in [-0.1, -0.05) is 24.8 Å². The Morgan fingerprint density at radius 2 is 2.22 bits per heavy atom. The van der Waals surface area contributed by atoms with Gasteiger partial charge in [0.25, 0.3) is 0 Å². The average molecular weight is 262 g/mol. The molecule has 2 aromatic heterocycles. The van der Waals surface area contributed by atoms with Gasteiger partial charge >= 0.3 is 0 Å². The van der Waals surface area contributed by atoms with Crippen LogP contribution in [0.4, 0.5) is 0 Å². The Kier molecular flexibility index (Phi) is 3.26. The summed E-state index contributed by atoms with van der Waals surface area (Å²) >= 11 is 1.78. The number of nitrogens with zero attached hydrogens (tertiary/aromatic N) is 3. The fraction of sp³-hybridized carbons (Fsp3) is 0.538. The molecule has 2 aromatic rings. The minimum atomic E-state index is 0.280. The topological polar surface area (TPSA) is 56.2 Å². The van der Waals surface area contributed by atoms with Gasteiger partial charge in [0, 0.05) is 17.5 Å². The molecule has 1 fully saturated rings. The van der Waals surface area contributed by atoms with Crippen molar-refractivity contribution in [2.45, 2.75) is 42.6 Å². The van der Waals surface area contributed by atoms with Gasteiger partial charge in [-0.2, -0.15) is 0 Å². The molecular formula is C13H18N4S. The number of fused-ring (bicyclic) bond motifs is 1. The van der Waals surface area contributed by atoms with E-state index >= 15 is 0 Å². The first-order valence-electron chi connectivity index (χ1n) is 6.46. The number of thioether (sulfide) groups is 1. The molecule has 3 atom stereocenters. The van der Waals surface area contributed by atoms with E-state index in [4.69, 9.17) is 5.73 Å². The minimum Gasteiger partial charge on any atom is -0.327 e. The molecule has 18 heavy (non-hydrogen) atoms. The van der Waals surface area contributed by atoms with Crippen LogP contribution >= 0.6 is 11.8 Å². The van der Waals surface area contributed by atoms with Gasteiger partial charge in [-0.25, -0.2) is 0 Å². The smallest absolute Gasteiger partial charge is 0.195 e. The van der Waals surface area contributed by atoms with Gasteiger partial charge in [-0.3, -0.25) is 4.40 Å². The molecule has 0 radical (unpaired) electrons. The number of nitrogens with two attached hydrogens (primary N) is 1. The van der Waals surface area contributed by atoms with Crippen LogP contribution in [-0.2, 0) is 0 Å². The molecule has 0 saturated heterocycles. The molecular weight excluding hydrogens is 244 g/mol. The molecule has 0 aliphatic heterocycles. The molecule has 1 aliphatic carbocycles. The van der Waals surface area contributed by atoms with Crippen LogP contribution in [0.15, 0.2) is 29.6 Å². The molecule has 1 aliphatic rings. The van der Waals surface area contributed by atoms with E-state index < -0.39 is 0 Å². The molecule has 2 N–H and O–H groups in total. The fourth-order valence-electron chi connectivity index (χ4n) is 2.52. The zero-order chi connectivity index (χ0) is 12.5. The van der Waals surface area contributed by atoms with Crippen LogP contribution < -0.4 is 5.73 Å². The van der Waals surface area contributed by atoms with Crippen molar-refractivity contribution >= 4 is 17.4 Å². The summed E-state index contributed by atoms with van der Waals surface area (Å²) < 4.78 is 2.04. The number of hydrogen-bond donors (Lipinski definition) is 1. The zero-order valence-corrected chi connectivity index (χ0v) is 11.3. The van der Waals surface area contributed by atoms with Crippen LogP contribution in [0.3, 0.4) is 0 Å². The van der Waals surface area contributed by atoms with Crippen LogP contribution in [0, 0.1) is 5.92 Å². The molecule has 0 aromatic carbocycles. The Morgan fingerprint density at radius 1 is 1.33 bits per heavy atom. The van der Waals surface area contributed by atoms with E-state index in [1.54, 1.807) is 11.8 Å². The Bertz CT molecular complexity index is 539. The molecule has 4 nitrogen and oxygen atoms in total. The van der Waals surface area contributed by atoms with Crippen molar-refractivity contribution < 1.29 is 0 Å². The van der Waals surface area contributed by atoms with Crippen LogP contribution in [0.2, 0.25) is 0 Å². The Balaban J connectivity index is 1.83. The molecule has 0 spiro atoms. The summed E-state index contributed by atoms with van der Waals surface area (Å²) in [5, 5.41) is 9.87. The van der Waals surface area contributed by atoms with Crippen LogP contribution in [0.1, 0.15) is 26.2 Å². The third kappa shape index (κ3) is 2.24. The van der Waals surface area contributed by atoms with Gasteiger partial charge in [0.05, 0.1) is 0 Å². The van der Waals surface area contributed by atoms with Gasteiger partial charge < -0.3 is 5.73 Å². The predicted molar refractivity (Wildman–Crippen MR) is 73.6 cm³/mol. The highest BCUT2D eigenvalue weighted by molar-refractivity contribution is 7.99. The molecule has 0 amide bonds. The molecule has 1 saturated carbocycles. The van der Waals surface area contributed by atoms with Gasteiger partial charge in [-0.05, 0) is 37.3 Å². The van der Waals surface area contributed by atoms with E-state index in [0.717, 1.165) is 23.1 Å². The van der Waals surface area contributed by atoms with Gasteiger partial charge in [0.1, 0.15) is 0 Å². The van der Waals surface area contributed by atoms with Gasteiger partial charge in [0.2, 0.25) is 0 Å². The third-order valence-electron chi connectivity index (χ3n) is 3.64. The monoisotopic (exact) mass is 262 g/mol. The number of hydrogen-bond acceptors (Lipinski definition) is 4. The third-order valence-corrected chi connectivity index (χ3v) is 4.98. The maximum absolute atomic E-state index is 6.22. The highest BCUT2D eigenvalue weighted by atomic mass is 32.2. The van der Waals surface area contributed by atoms with Crippen molar-refractivity contribution in [2.24, 2.45) is 11.7 Å². The van der Waals surface area contributed by atoms with Crippen molar-refractivity contribution in [3.05, 3.63) is 24.4 Å². The first-order valence-corrected chi connectivity index (χ1v) is 7.34. The van der Waals surface area contributed by atoms with Crippen molar-refractivity contribution in [1.29, 1.82) is 0 Å². The van der Waals surface area contributed by atoms with E-state index in [1.165, 1.54) is 12.8 Å². The normalized spacial score (nSPS) is 28.7. The lowest BCUT2D eigenvalue weighted by Gasteiger charge is -2.31. The van der Waals surface area contributed by atoms with Gasteiger partial charge in [0.15, 0.2) is 10.8 Å². The van der Waals surface area contributed by atoms with E-state index in [2.05, 4.69) is 17.1 Å². The standard InChI is InChI=1S/C13H18N4S/c1-9-5-6-10(14)11(8-9)18-13-16-15-12-4-2-3-7-17(12)13/h2-4,7,9-11H,5-6,8,14H2,1H3. The molecule has 5 heteroatoms. The van der Waals surface area contributed by atoms with Crippen molar-refractivity contribution in [1.82, 2.24) is 14.6 Å². The molecule has 0 bridgehead atoms. The lowest BCUT2D eigenvalue weighted by molar-refractivity contribution is 0.357. The summed E-state index contributed by atoms with van der Waals surface area (Å²) in [6, 6.07) is 6.24. The molecule has 3 rings (SSSR count). The summed E-state index contributed by atoms with van der Waals surface area (Å²) in [6.45, 7) is 2.31. The second-order valence-electron chi connectivity index (χ2n) is 5.15. The second kappa shape index (κ2) is 4.90. The first kappa shape index (κ1) is 12.0. The van der Waals surface area contributed by atoms with E-state index in [0.29, 0.717) is 5.25 Å². The van der Waals surface area contributed by atoms with Crippen LogP contribution in [0.5, 0.6) is 0 Å². The fourth-order valence-corrected chi connectivity index (χ4v) is 3.89. The zero-order valence-electron chi connectivity index (χ0n) is 10.5. The van der Waals surface area contributed by atoms with Crippen molar-refractivity contribution in [3.63, 3.8) is 0 Å². The lowest BCUT2D eigenvalue weighted by Crippen LogP contribution is -2.37. The summed E-state index contributed by atoms with van der Waals surface area (Å²) in [7, 11) is 0. The lowest BCUT2D eigenvalue weighted by atomic mass is 9.87.